The monoisotopic (exact) mass is 905 g/mol. The van der Waals surface area contributed by atoms with E-state index in [9.17, 15) is 19.5 Å². The van der Waals surface area contributed by atoms with Gasteiger partial charge in [-0.2, -0.15) is 0 Å². The van der Waals surface area contributed by atoms with Gasteiger partial charge in [0.25, 0.3) is 6.29 Å². The highest BCUT2D eigenvalue weighted by Crippen LogP contribution is 2.17. The van der Waals surface area contributed by atoms with E-state index >= 15 is 0 Å². The maximum absolute atomic E-state index is 12.8. The first-order valence-electron chi connectivity index (χ1n) is 26.7. The van der Waals surface area contributed by atoms with Crippen molar-refractivity contribution in [1.82, 2.24) is 0 Å². The van der Waals surface area contributed by atoms with Gasteiger partial charge in [0.2, 0.25) is 0 Å². The molecule has 9 nitrogen and oxygen atoms in total. The van der Waals surface area contributed by atoms with Gasteiger partial charge in [0.15, 0.2) is 6.10 Å². The van der Waals surface area contributed by atoms with Crippen molar-refractivity contribution in [3.05, 3.63) is 36.5 Å². The highest BCUT2D eigenvalue weighted by atomic mass is 16.7. The Labute approximate surface area is 394 Å². The van der Waals surface area contributed by atoms with Crippen molar-refractivity contribution in [3.63, 3.8) is 0 Å². The summed E-state index contributed by atoms with van der Waals surface area (Å²) in [5.41, 5.74) is 0. The van der Waals surface area contributed by atoms with Crippen LogP contribution in [0.25, 0.3) is 0 Å². The third kappa shape index (κ3) is 47.5. The highest BCUT2D eigenvalue weighted by molar-refractivity contribution is 5.71. The minimum Gasteiger partial charge on any atom is -0.477 e. The van der Waals surface area contributed by atoms with E-state index in [0.29, 0.717) is 23.9 Å². The van der Waals surface area contributed by atoms with Crippen LogP contribution in [0.1, 0.15) is 239 Å². The minimum absolute atomic E-state index is 0.183. The number of unbranched alkanes of at least 4 members (excludes halogenated alkanes) is 28. The van der Waals surface area contributed by atoms with Gasteiger partial charge in [-0.05, 0) is 44.9 Å². The standard InChI is InChI=1S/C55H101NO8/c1-6-8-10-12-14-16-18-20-22-24-25-26-27-28-30-31-33-35-37-39-41-43-45-52(57)62-49-51(50-63-55(54(59)60)61-48-47-56(3,4)5)64-53(58)46-44-42-40-38-36-34-32-29-23-21-19-17-15-13-11-9-7-2/h9,11,15,17,21,23,51,55H,6-8,10,12-14,16,18-20,22,24-50H2,1-5H3/p+1/b11-9-,17-15-,23-21-. The van der Waals surface area contributed by atoms with E-state index in [1.807, 2.05) is 21.1 Å². The number of carbonyl (C=O) groups excluding carboxylic acids is 2. The van der Waals surface area contributed by atoms with E-state index in [4.69, 9.17) is 18.9 Å². The van der Waals surface area contributed by atoms with Crippen LogP contribution in [-0.2, 0) is 33.3 Å². The molecule has 0 aromatic carbocycles. The summed E-state index contributed by atoms with van der Waals surface area (Å²) in [5, 5.41) is 9.67. The van der Waals surface area contributed by atoms with Crippen molar-refractivity contribution in [2.45, 2.75) is 251 Å². The highest BCUT2D eigenvalue weighted by Gasteiger charge is 2.25. The van der Waals surface area contributed by atoms with Gasteiger partial charge in [-0.3, -0.25) is 9.59 Å². The number of hydrogen-bond donors (Lipinski definition) is 1. The summed E-state index contributed by atoms with van der Waals surface area (Å²) in [6, 6.07) is 0. The summed E-state index contributed by atoms with van der Waals surface area (Å²) < 4.78 is 22.8. The Balaban J connectivity index is 4.27. The molecule has 0 amide bonds. The maximum atomic E-state index is 12.8. The molecular weight excluding hydrogens is 803 g/mol. The van der Waals surface area contributed by atoms with Gasteiger partial charge >= 0.3 is 17.9 Å². The van der Waals surface area contributed by atoms with Crippen LogP contribution in [-0.4, -0.2) is 87.4 Å². The number of ether oxygens (including phenoxy) is 4. The smallest absolute Gasteiger partial charge is 0.361 e. The molecule has 0 radical (unpaired) electrons. The number of carboxylic acids is 1. The van der Waals surface area contributed by atoms with E-state index in [-0.39, 0.29) is 32.2 Å². The van der Waals surface area contributed by atoms with Crippen molar-refractivity contribution in [3.8, 4) is 0 Å². The van der Waals surface area contributed by atoms with Crippen LogP contribution in [0.2, 0.25) is 0 Å². The topological polar surface area (TPSA) is 108 Å². The number of nitrogens with zero attached hydrogens (tertiary/aromatic N) is 1. The molecule has 0 spiro atoms. The normalized spacial score (nSPS) is 13.1. The molecule has 0 aromatic heterocycles. The fraction of sp³-hybridized carbons (Fsp3) is 0.836. The SMILES string of the molecule is CC/C=C\C/C=C\C/C=C\CCCCCCCCCC(=O)OC(COC(=O)CCCCCCCCCCCCCCCCCCCCCCCC)COC(OCC[N+](C)(C)C)C(=O)O. The second-order valence-electron chi connectivity index (χ2n) is 19.2. The van der Waals surface area contributed by atoms with Crippen LogP contribution in [0.3, 0.4) is 0 Å². The molecule has 2 atom stereocenters. The van der Waals surface area contributed by atoms with E-state index in [0.717, 1.165) is 64.2 Å². The first-order valence-corrected chi connectivity index (χ1v) is 26.7. The molecule has 0 aliphatic carbocycles. The molecule has 0 aromatic rings. The summed E-state index contributed by atoms with van der Waals surface area (Å²) in [5.74, 6) is -2.01. The molecule has 0 aliphatic rings. The Morgan fingerprint density at radius 3 is 1.33 bits per heavy atom. The molecule has 1 N–H and O–H groups in total. The average molecular weight is 905 g/mol. The third-order valence-corrected chi connectivity index (χ3v) is 11.7. The number of esters is 2. The second-order valence-corrected chi connectivity index (χ2v) is 19.2. The molecule has 9 heteroatoms. The number of hydrogen-bond acceptors (Lipinski definition) is 7. The Morgan fingerprint density at radius 2 is 0.891 bits per heavy atom. The lowest BCUT2D eigenvalue weighted by Gasteiger charge is -2.25. The fourth-order valence-electron chi connectivity index (χ4n) is 7.56. The number of carboxylic acid groups (broad SMARTS) is 1. The van der Waals surface area contributed by atoms with E-state index in [1.165, 1.54) is 141 Å². The third-order valence-electron chi connectivity index (χ3n) is 11.7. The van der Waals surface area contributed by atoms with E-state index in [1.54, 1.807) is 0 Å². The predicted molar refractivity (Wildman–Crippen MR) is 267 cm³/mol. The summed E-state index contributed by atoms with van der Waals surface area (Å²) in [6.07, 6.45) is 52.1. The molecule has 0 bridgehead atoms. The van der Waals surface area contributed by atoms with Crippen molar-refractivity contribution in [2.24, 2.45) is 0 Å². The van der Waals surface area contributed by atoms with Crippen LogP contribution < -0.4 is 0 Å². The predicted octanol–water partition coefficient (Wildman–Crippen LogP) is 15.0. The van der Waals surface area contributed by atoms with E-state index < -0.39 is 24.3 Å². The van der Waals surface area contributed by atoms with Crippen LogP contribution in [0.15, 0.2) is 36.5 Å². The minimum atomic E-state index is -1.51. The number of rotatable bonds is 49. The quantitative estimate of drug-likeness (QED) is 0.0211. The van der Waals surface area contributed by atoms with Crippen molar-refractivity contribution in [1.29, 1.82) is 0 Å². The summed E-state index contributed by atoms with van der Waals surface area (Å²) in [7, 11) is 5.96. The molecule has 374 valence electrons. The molecule has 0 fully saturated rings. The largest absolute Gasteiger partial charge is 0.477 e. The lowest BCUT2D eigenvalue weighted by atomic mass is 10.0. The summed E-state index contributed by atoms with van der Waals surface area (Å²) in [6.45, 7) is 4.78. The van der Waals surface area contributed by atoms with Gasteiger partial charge in [-0.25, -0.2) is 4.79 Å². The maximum Gasteiger partial charge on any atom is 0.361 e. The van der Waals surface area contributed by atoms with Gasteiger partial charge in [-0.1, -0.05) is 217 Å². The number of aliphatic carboxylic acids is 1. The van der Waals surface area contributed by atoms with Crippen molar-refractivity contribution in [2.75, 3.05) is 47.5 Å². The Hall–Kier alpha value is -2.49. The Morgan fingerprint density at radius 1 is 0.484 bits per heavy atom. The van der Waals surface area contributed by atoms with Gasteiger partial charge in [0, 0.05) is 12.8 Å². The fourth-order valence-corrected chi connectivity index (χ4v) is 7.56. The van der Waals surface area contributed by atoms with Crippen LogP contribution in [0, 0.1) is 0 Å². The van der Waals surface area contributed by atoms with Crippen molar-refractivity contribution >= 4 is 17.9 Å². The molecule has 0 heterocycles. The molecule has 64 heavy (non-hydrogen) atoms. The first kappa shape index (κ1) is 61.5. The van der Waals surface area contributed by atoms with Crippen LogP contribution >= 0.6 is 0 Å². The molecule has 2 unspecified atom stereocenters. The van der Waals surface area contributed by atoms with Crippen LogP contribution in [0.4, 0.5) is 0 Å². The van der Waals surface area contributed by atoms with Gasteiger partial charge < -0.3 is 28.5 Å². The van der Waals surface area contributed by atoms with Gasteiger partial charge in [0.1, 0.15) is 13.2 Å². The molecule has 0 saturated heterocycles. The van der Waals surface area contributed by atoms with E-state index in [2.05, 4.69) is 50.3 Å². The average Bonchev–Trinajstić information content (AvgIpc) is 3.26. The number of quaternary nitrogens is 1. The van der Waals surface area contributed by atoms with Gasteiger partial charge in [0.05, 0.1) is 34.4 Å². The second kappa shape index (κ2) is 47.0. The number of allylic oxidation sites excluding steroid dienone is 6. The van der Waals surface area contributed by atoms with Gasteiger partial charge in [-0.15, -0.1) is 0 Å². The summed E-state index contributed by atoms with van der Waals surface area (Å²) >= 11 is 0. The Kier molecular flexibility index (Phi) is 45.2. The number of carbonyl (C=O) groups is 3. The Bertz CT molecular complexity index is 1150. The molecule has 0 rings (SSSR count). The zero-order chi connectivity index (χ0) is 47.0. The zero-order valence-corrected chi connectivity index (χ0v) is 42.4. The lowest BCUT2D eigenvalue weighted by Crippen LogP contribution is -2.40. The zero-order valence-electron chi connectivity index (χ0n) is 42.4. The first-order chi connectivity index (χ1) is 31.1. The van der Waals surface area contributed by atoms with Crippen molar-refractivity contribution < 1.29 is 42.9 Å². The molecule has 0 aliphatic heterocycles. The molecule has 0 saturated carbocycles. The number of likely N-dealkylation sites (N-methyl/N-ethyl adjacent to an activating group) is 1. The van der Waals surface area contributed by atoms with Crippen LogP contribution in [0.5, 0.6) is 0 Å². The summed E-state index contributed by atoms with van der Waals surface area (Å²) in [4.78, 5) is 37.3. The lowest BCUT2D eigenvalue weighted by molar-refractivity contribution is -0.870. The molecular formula is C55H102NO8+.